The summed E-state index contributed by atoms with van der Waals surface area (Å²) in [6.07, 6.45) is 0. The number of carbonyl (C=O) groups is 1. The van der Waals surface area contributed by atoms with Gasteiger partial charge in [-0.3, -0.25) is 9.69 Å². The van der Waals surface area contributed by atoms with Crippen LogP contribution >= 0.6 is 0 Å². The van der Waals surface area contributed by atoms with Gasteiger partial charge in [-0.1, -0.05) is 12.1 Å². The van der Waals surface area contributed by atoms with Gasteiger partial charge in [0.1, 0.15) is 5.82 Å². The number of rotatable bonds is 3. The Balaban J connectivity index is 2.18. The molecule has 1 saturated heterocycles. The number of nitrogens with one attached hydrogen (secondary N) is 1. The topological polar surface area (TPSA) is 58.4 Å². The molecule has 92 valence electrons. The Hall–Kier alpha value is -1.46. The van der Waals surface area contributed by atoms with Crippen LogP contribution in [0.3, 0.4) is 0 Å². The normalized spacial score (nSPS) is 18.8. The highest BCUT2D eigenvalue weighted by Gasteiger charge is 2.24. The molecule has 2 rings (SSSR count). The van der Waals surface area contributed by atoms with E-state index < -0.39 is 0 Å². The van der Waals surface area contributed by atoms with Gasteiger partial charge in [-0.05, 0) is 17.7 Å². The molecule has 5 heteroatoms. The highest BCUT2D eigenvalue weighted by atomic mass is 19.1. The lowest BCUT2D eigenvalue weighted by Gasteiger charge is -2.33. The van der Waals surface area contributed by atoms with Crippen molar-refractivity contribution in [2.45, 2.75) is 6.04 Å². The molecule has 3 N–H and O–H groups in total. The number of nitrogens with two attached hydrogens (primary N) is 1. The fourth-order valence-corrected chi connectivity index (χ4v) is 2.13. The summed E-state index contributed by atoms with van der Waals surface area (Å²) in [5.41, 5.74) is 6.56. The number of amides is 1. The van der Waals surface area contributed by atoms with E-state index in [4.69, 9.17) is 5.73 Å². The van der Waals surface area contributed by atoms with E-state index in [-0.39, 0.29) is 17.8 Å². The number of nitrogens with zero attached hydrogens (tertiary/aromatic N) is 1. The fourth-order valence-electron chi connectivity index (χ4n) is 2.13. The highest BCUT2D eigenvalue weighted by Crippen LogP contribution is 2.20. The van der Waals surface area contributed by atoms with E-state index in [1.165, 1.54) is 12.1 Å². The standard InChI is InChI=1S/C12H16FN3O/c13-10-3-1-2-9(6-10)11(7-14)16-5-4-15-12(17)8-16/h1-3,6,11H,4-5,7-8,14H2,(H,15,17). The van der Waals surface area contributed by atoms with Crippen molar-refractivity contribution in [3.8, 4) is 0 Å². The molecule has 0 spiro atoms. The molecule has 1 heterocycles. The van der Waals surface area contributed by atoms with Crippen molar-refractivity contribution in [3.63, 3.8) is 0 Å². The summed E-state index contributed by atoms with van der Waals surface area (Å²) in [5.74, 6) is -0.284. The third-order valence-corrected chi connectivity index (χ3v) is 2.97. The molecule has 1 aliphatic rings. The van der Waals surface area contributed by atoms with Crippen molar-refractivity contribution in [1.82, 2.24) is 10.2 Å². The van der Waals surface area contributed by atoms with Crippen molar-refractivity contribution >= 4 is 5.91 Å². The molecule has 17 heavy (non-hydrogen) atoms. The van der Waals surface area contributed by atoms with Crippen molar-refractivity contribution in [1.29, 1.82) is 0 Å². The maximum Gasteiger partial charge on any atom is 0.234 e. The monoisotopic (exact) mass is 237 g/mol. The summed E-state index contributed by atoms with van der Waals surface area (Å²) < 4.78 is 13.2. The molecule has 0 aliphatic carbocycles. The first-order valence-corrected chi connectivity index (χ1v) is 5.67. The zero-order chi connectivity index (χ0) is 12.3. The summed E-state index contributed by atoms with van der Waals surface area (Å²) in [6.45, 7) is 2.05. The second-order valence-electron chi connectivity index (χ2n) is 4.13. The number of hydrogen-bond donors (Lipinski definition) is 2. The highest BCUT2D eigenvalue weighted by molar-refractivity contribution is 5.78. The average molecular weight is 237 g/mol. The van der Waals surface area contributed by atoms with E-state index in [0.29, 0.717) is 19.6 Å². The second-order valence-corrected chi connectivity index (χ2v) is 4.13. The number of piperazine rings is 1. The van der Waals surface area contributed by atoms with Gasteiger partial charge < -0.3 is 11.1 Å². The molecule has 0 bridgehead atoms. The Kier molecular flexibility index (Phi) is 3.71. The van der Waals surface area contributed by atoms with Gasteiger partial charge in [0.25, 0.3) is 0 Å². The first kappa shape index (κ1) is 12.0. The summed E-state index contributed by atoms with van der Waals surface area (Å²) in [5, 5.41) is 2.76. The van der Waals surface area contributed by atoms with Gasteiger partial charge >= 0.3 is 0 Å². The molecule has 0 radical (unpaired) electrons. The molecular weight excluding hydrogens is 221 g/mol. The van der Waals surface area contributed by atoms with Crippen LogP contribution < -0.4 is 11.1 Å². The van der Waals surface area contributed by atoms with Crippen LogP contribution in [-0.4, -0.2) is 37.0 Å². The average Bonchev–Trinajstić information content (AvgIpc) is 2.30. The van der Waals surface area contributed by atoms with E-state index in [1.807, 2.05) is 11.0 Å². The molecule has 1 atom stereocenters. The number of benzene rings is 1. The van der Waals surface area contributed by atoms with E-state index in [1.54, 1.807) is 6.07 Å². The third kappa shape index (κ3) is 2.81. The van der Waals surface area contributed by atoms with Crippen LogP contribution in [0.25, 0.3) is 0 Å². The van der Waals surface area contributed by atoms with Crippen molar-refractivity contribution in [3.05, 3.63) is 35.6 Å². The van der Waals surface area contributed by atoms with Crippen LogP contribution in [-0.2, 0) is 4.79 Å². The largest absolute Gasteiger partial charge is 0.354 e. The van der Waals surface area contributed by atoms with E-state index in [9.17, 15) is 9.18 Å². The van der Waals surface area contributed by atoms with Crippen molar-refractivity contribution < 1.29 is 9.18 Å². The first-order chi connectivity index (χ1) is 8.20. The summed E-state index contributed by atoms with van der Waals surface area (Å²) in [4.78, 5) is 13.3. The van der Waals surface area contributed by atoms with Gasteiger partial charge in [0.2, 0.25) is 5.91 Å². The SMILES string of the molecule is NCC(c1cccc(F)c1)N1CCNC(=O)C1. The molecule has 1 aromatic rings. The molecule has 0 aromatic heterocycles. The van der Waals surface area contributed by atoms with Gasteiger partial charge in [-0.2, -0.15) is 0 Å². The lowest BCUT2D eigenvalue weighted by Crippen LogP contribution is -2.50. The quantitative estimate of drug-likeness (QED) is 0.792. The fraction of sp³-hybridized carbons (Fsp3) is 0.417. The predicted molar refractivity (Wildman–Crippen MR) is 62.8 cm³/mol. The molecule has 1 fully saturated rings. The van der Waals surface area contributed by atoms with E-state index >= 15 is 0 Å². The molecule has 1 unspecified atom stereocenters. The second kappa shape index (κ2) is 5.25. The summed E-state index contributed by atoms with van der Waals surface area (Å²) in [7, 11) is 0. The van der Waals surface area contributed by atoms with Crippen LogP contribution in [0.15, 0.2) is 24.3 Å². The Bertz CT molecular complexity index is 410. The van der Waals surface area contributed by atoms with E-state index in [2.05, 4.69) is 5.32 Å². The predicted octanol–water partition coefficient (Wildman–Crippen LogP) is 0.257. The molecular formula is C12H16FN3O. The maximum atomic E-state index is 13.2. The maximum absolute atomic E-state index is 13.2. The molecule has 4 nitrogen and oxygen atoms in total. The Morgan fingerprint density at radius 2 is 2.35 bits per heavy atom. The molecule has 1 amide bonds. The third-order valence-electron chi connectivity index (χ3n) is 2.97. The van der Waals surface area contributed by atoms with Gasteiger partial charge in [-0.15, -0.1) is 0 Å². The smallest absolute Gasteiger partial charge is 0.234 e. The Morgan fingerprint density at radius 3 is 3.00 bits per heavy atom. The number of halogens is 1. The zero-order valence-electron chi connectivity index (χ0n) is 9.53. The lowest BCUT2D eigenvalue weighted by atomic mass is 10.0. The first-order valence-electron chi connectivity index (χ1n) is 5.67. The molecule has 1 aliphatic heterocycles. The van der Waals surface area contributed by atoms with Gasteiger partial charge in [-0.25, -0.2) is 4.39 Å². The molecule has 0 saturated carbocycles. The van der Waals surface area contributed by atoms with Crippen LogP contribution in [0.4, 0.5) is 4.39 Å². The van der Waals surface area contributed by atoms with Crippen LogP contribution in [0.1, 0.15) is 11.6 Å². The summed E-state index contributed by atoms with van der Waals surface area (Å²) >= 11 is 0. The van der Waals surface area contributed by atoms with Gasteiger partial charge in [0.05, 0.1) is 6.54 Å². The van der Waals surface area contributed by atoms with Crippen molar-refractivity contribution in [2.24, 2.45) is 5.73 Å². The zero-order valence-corrected chi connectivity index (χ0v) is 9.53. The van der Waals surface area contributed by atoms with Gasteiger partial charge in [0.15, 0.2) is 0 Å². The Morgan fingerprint density at radius 1 is 1.53 bits per heavy atom. The van der Waals surface area contributed by atoms with Crippen LogP contribution in [0, 0.1) is 5.82 Å². The Labute approximate surface area is 99.6 Å². The minimum atomic E-state index is -0.276. The van der Waals surface area contributed by atoms with E-state index in [0.717, 1.165) is 12.1 Å². The van der Waals surface area contributed by atoms with Crippen LogP contribution in [0.5, 0.6) is 0 Å². The number of carbonyl (C=O) groups excluding carboxylic acids is 1. The molecule has 1 aromatic carbocycles. The van der Waals surface area contributed by atoms with Crippen molar-refractivity contribution in [2.75, 3.05) is 26.2 Å². The van der Waals surface area contributed by atoms with Crippen LogP contribution in [0.2, 0.25) is 0 Å². The number of hydrogen-bond acceptors (Lipinski definition) is 3. The lowest BCUT2D eigenvalue weighted by molar-refractivity contribution is -0.124. The minimum Gasteiger partial charge on any atom is -0.354 e. The summed E-state index contributed by atoms with van der Waals surface area (Å²) in [6, 6.07) is 6.28. The van der Waals surface area contributed by atoms with Gasteiger partial charge in [0, 0.05) is 25.7 Å². The minimum absolute atomic E-state index is 0.00824.